The van der Waals surface area contributed by atoms with Crippen molar-refractivity contribution in [3.8, 4) is 0 Å². The fourth-order valence-corrected chi connectivity index (χ4v) is 3.01. The molecule has 0 fully saturated rings. The molecule has 0 aliphatic heterocycles. The van der Waals surface area contributed by atoms with Gasteiger partial charge in [0.1, 0.15) is 0 Å². The smallest absolute Gasteiger partial charge is 0.252 e. The van der Waals surface area contributed by atoms with Gasteiger partial charge in [-0.1, -0.05) is 32.0 Å². The Bertz CT molecular complexity index is 981. The minimum absolute atomic E-state index is 0.177. The van der Waals surface area contributed by atoms with Gasteiger partial charge in [0, 0.05) is 34.8 Å². The first-order chi connectivity index (χ1) is 12.0. The molecule has 0 saturated carbocycles. The van der Waals surface area contributed by atoms with Gasteiger partial charge in [-0.05, 0) is 25.8 Å². The number of H-pyrrole nitrogens is 1. The minimum atomic E-state index is -0.185. The summed E-state index contributed by atoms with van der Waals surface area (Å²) >= 11 is 0. The molecule has 1 aromatic carbocycles. The van der Waals surface area contributed by atoms with Gasteiger partial charge in [0.15, 0.2) is 0 Å². The molecule has 0 aliphatic carbocycles. The maximum Gasteiger partial charge on any atom is 0.252 e. The number of hydrazone groups is 1. The number of nitrogens with one attached hydrogen (secondary N) is 2. The zero-order valence-electron chi connectivity index (χ0n) is 15.0. The van der Waals surface area contributed by atoms with Crippen LogP contribution in [0.15, 0.2) is 40.2 Å². The second-order valence-corrected chi connectivity index (χ2v) is 6.30. The largest absolute Gasteiger partial charge is 0.344 e. The number of nitrogens with zero attached hydrogens (tertiary/aromatic N) is 3. The number of fused-ring (bicyclic) bond motifs is 1. The highest BCUT2D eigenvalue weighted by Gasteiger charge is 2.11. The molecule has 0 aliphatic rings. The number of hydrogen-bond donors (Lipinski definition) is 2. The fraction of sp³-hybridized carbons (Fsp3) is 0.316. The Hall–Kier alpha value is -2.89. The molecule has 130 valence electrons. The van der Waals surface area contributed by atoms with Crippen LogP contribution in [0.2, 0.25) is 0 Å². The van der Waals surface area contributed by atoms with Gasteiger partial charge in [0.2, 0.25) is 5.95 Å². The van der Waals surface area contributed by atoms with E-state index in [0.717, 1.165) is 28.9 Å². The Labute approximate surface area is 146 Å². The first-order valence-corrected chi connectivity index (χ1v) is 8.49. The SMILES string of the molecule is CCn1c(C)c(/C=N\Nc2nc(C(C)C)cc(=O)[nH]2)c2ccccc21. The predicted octanol–water partition coefficient (Wildman–Crippen LogP) is 3.62. The zero-order chi connectivity index (χ0) is 18.0. The molecule has 2 N–H and O–H groups in total. The number of aryl methyl sites for hydroxylation is 1. The van der Waals surface area contributed by atoms with E-state index in [0.29, 0.717) is 5.95 Å². The van der Waals surface area contributed by atoms with E-state index in [1.165, 1.54) is 11.6 Å². The van der Waals surface area contributed by atoms with Crippen molar-refractivity contribution < 1.29 is 0 Å². The molecular weight excluding hydrogens is 314 g/mol. The molecule has 0 spiro atoms. The quantitative estimate of drug-likeness (QED) is 0.551. The normalized spacial score (nSPS) is 11.7. The Morgan fingerprint density at radius 1 is 1.36 bits per heavy atom. The number of hydrogen-bond acceptors (Lipinski definition) is 4. The predicted molar refractivity (Wildman–Crippen MR) is 103 cm³/mol. The summed E-state index contributed by atoms with van der Waals surface area (Å²) in [5.41, 5.74) is 6.81. The lowest BCUT2D eigenvalue weighted by Crippen LogP contribution is -2.12. The molecule has 0 bridgehead atoms. The summed E-state index contributed by atoms with van der Waals surface area (Å²) in [6, 6.07) is 9.78. The van der Waals surface area contributed by atoms with Crippen LogP contribution < -0.4 is 11.0 Å². The number of anilines is 1. The van der Waals surface area contributed by atoms with Crippen LogP contribution in [0.1, 0.15) is 43.6 Å². The van der Waals surface area contributed by atoms with Gasteiger partial charge in [0.25, 0.3) is 5.56 Å². The average molecular weight is 337 g/mol. The Morgan fingerprint density at radius 3 is 2.84 bits per heavy atom. The average Bonchev–Trinajstić information content (AvgIpc) is 2.86. The van der Waals surface area contributed by atoms with Crippen LogP contribution in [-0.2, 0) is 6.54 Å². The Balaban J connectivity index is 1.92. The highest BCUT2D eigenvalue weighted by atomic mass is 16.1. The monoisotopic (exact) mass is 337 g/mol. The lowest BCUT2D eigenvalue weighted by molar-refractivity contribution is 0.769. The van der Waals surface area contributed by atoms with E-state index >= 15 is 0 Å². The first-order valence-electron chi connectivity index (χ1n) is 8.49. The van der Waals surface area contributed by atoms with Crippen LogP contribution in [0.25, 0.3) is 10.9 Å². The lowest BCUT2D eigenvalue weighted by Gasteiger charge is -2.05. The van der Waals surface area contributed by atoms with E-state index in [-0.39, 0.29) is 11.5 Å². The topological polar surface area (TPSA) is 75.1 Å². The molecule has 0 saturated heterocycles. The van der Waals surface area contributed by atoms with E-state index in [2.05, 4.69) is 51.0 Å². The van der Waals surface area contributed by atoms with Crippen molar-refractivity contribution >= 4 is 23.1 Å². The summed E-state index contributed by atoms with van der Waals surface area (Å²) in [4.78, 5) is 18.8. The maximum absolute atomic E-state index is 11.7. The van der Waals surface area contributed by atoms with Gasteiger partial charge in [-0.15, -0.1) is 0 Å². The van der Waals surface area contributed by atoms with Crippen LogP contribution >= 0.6 is 0 Å². The molecule has 0 amide bonds. The van der Waals surface area contributed by atoms with Crippen molar-refractivity contribution in [1.29, 1.82) is 0 Å². The van der Waals surface area contributed by atoms with E-state index in [9.17, 15) is 4.79 Å². The highest BCUT2D eigenvalue weighted by Crippen LogP contribution is 2.24. The number of aromatic amines is 1. The van der Waals surface area contributed by atoms with Gasteiger partial charge in [0.05, 0.1) is 11.9 Å². The molecule has 2 heterocycles. The third-order valence-corrected chi connectivity index (χ3v) is 4.31. The number of aromatic nitrogens is 3. The maximum atomic E-state index is 11.7. The van der Waals surface area contributed by atoms with E-state index in [1.54, 1.807) is 6.21 Å². The van der Waals surface area contributed by atoms with Crippen LogP contribution in [0, 0.1) is 6.92 Å². The summed E-state index contributed by atoms with van der Waals surface area (Å²) in [7, 11) is 0. The fourth-order valence-electron chi connectivity index (χ4n) is 3.01. The van der Waals surface area contributed by atoms with Crippen molar-refractivity contribution in [2.24, 2.45) is 5.10 Å². The molecule has 3 aromatic rings. The van der Waals surface area contributed by atoms with E-state index in [4.69, 9.17) is 0 Å². The number of para-hydroxylation sites is 1. The standard InChI is InChI=1S/C19H23N5O/c1-5-24-13(4)15(14-8-6-7-9-17(14)24)11-20-23-19-21-16(12(2)3)10-18(25)22-19/h6-12H,5H2,1-4H3,(H2,21,22,23,25)/b20-11-. The molecule has 0 atom stereocenters. The van der Waals surface area contributed by atoms with Crippen molar-refractivity contribution in [2.45, 2.75) is 40.2 Å². The summed E-state index contributed by atoms with van der Waals surface area (Å²) in [6.45, 7) is 9.11. The van der Waals surface area contributed by atoms with Crippen molar-refractivity contribution in [3.63, 3.8) is 0 Å². The van der Waals surface area contributed by atoms with Crippen LogP contribution in [-0.4, -0.2) is 20.7 Å². The third kappa shape index (κ3) is 3.33. The molecule has 3 rings (SSSR count). The van der Waals surface area contributed by atoms with Crippen molar-refractivity contribution in [1.82, 2.24) is 14.5 Å². The van der Waals surface area contributed by atoms with Crippen LogP contribution in [0.5, 0.6) is 0 Å². The second kappa shape index (κ2) is 6.93. The summed E-state index contributed by atoms with van der Waals surface area (Å²) in [5, 5.41) is 5.45. The molecule has 2 aromatic heterocycles. The van der Waals surface area contributed by atoms with Gasteiger partial charge in [-0.25, -0.2) is 10.4 Å². The van der Waals surface area contributed by atoms with Gasteiger partial charge < -0.3 is 4.57 Å². The first kappa shape index (κ1) is 17.0. The highest BCUT2D eigenvalue weighted by molar-refractivity contribution is 6.01. The summed E-state index contributed by atoms with van der Waals surface area (Å²) in [6.07, 6.45) is 1.78. The minimum Gasteiger partial charge on any atom is -0.344 e. The molecule has 25 heavy (non-hydrogen) atoms. The van der Waals surface area contributed by atoms with Crippen molar-refractivity contribution in [2.75, 3.05) is 5.43 Å². The molecule has 6 heteroatoms. The van der Waals surface area contributed by atoms with Gasteiger partial charge >= 0.3 is 0 Å². The second-order valence-electron chi connectivity index (χ2n) is 6.30. The zero-order valence-corrected chi connectivity index (χ0v) is 15.0. The third-order valence-electron chi connectivity index (χ3n) is 4.31. The number of rotatable bonds is 5. The van der Waals surface area contributed by atoms with E-state index < -0.39 is 0 Å². The van der Waals surface area contributed by atoms with Crippen molar-refractivity contribution in [3.05, 3.63) is 57.6 Å². The van der Waals surface area contributed by atoms with Crippen LogP contribution in [0.3, 0.4) is 0 Å². The molecule has 6 nitrogen and oxygen atoms in total. The lowest BCUT2D eigenvalue weighted by atomic mass is 10.1. The summed E-state index contributed by atoms with van der Waals surface area (Å²) < 4.78 is 2.26. The Kier molecular flexibility index (Phi) is 4.70. The van der Waals surface area contributed by atoms with E-state index in [1.807, 2.05) is 26.0 Å². The Morgan fingerprint density at radius 2 is 2.12 bits per heavy atom. The van der Waals surface area contributed by atoms with Crippen LogP contribution in [0.4, 0.5) is 5.95 Å². The molecular formula is C19H23N5O. The van der Waals surface area contributed by atoms with Gasteiger partial charge in [-0.2, -0.15) is 5.10 Å². The van der Waals surface area contributed by atoms with Gasteiger partial charge in [-0.3, -0.25) is 9.78 Å². The molecule has 0 radical (unpaired) electrons. The number of benzene rings is 1. The molecule has 0 unspecified atom stereocenters. The summed E-state index contributed by atoms with van der Waals surface area (Å²) in [5.74, 6) is 0.529.